The fourth-order valence-corrected chi connectivity index (χ4v) is 4.74. The molecule has 0 fully saturated rings. The Kier molecular flexibility index (Phi) is 6.83. The Morgan fingerprint density at radius 1 is 0.833 bits per heavy atom. The summed E-state index contributed by atoms with van der Waals surface area (Å²) in [6.45, 7) is 8.22. The SMILES string of the molecule is C[Si](C)(C)CCOCn1c(-c2ccccc2)nc(-c2ccncc2)c1-c1ccc(-c2nn[nH]n2)cc1. The summed E-state index contributed by atoms with van der Waals surface area (Å²) in [7, 11) is -1.21. The average Bonchev–Trinajstić information content (AvgIpc) is 3.56. The fourth-order valence-electron chi connectivity index (χ4n) is 3.99. The van der Waals surface area contributed by atoms with Crippen molar-refractivity contribution in [1.82, 2.24) is 35.2 Å². The average molecular weight is 496 g/mol. The molecule has 0 aliphatic carbocycles. The van der Waals surface area contributed by atoms with E-state index in [1.807, 2.05) is 42.5 Å². The number of tetrazole rings is 1. The third-order valence-electron chi connectivity index (χ3n) is 5.93. The normalized spacial score (nSPS) is 11.6. The van der Waals surface area contributed by atoms with Gasteiger partial charge >= 0.3 is 0 Å². The lowest BCUT2D eigenvalue weighted by Gasteiger charge is -2.17. The molecule has 8 nitrogen and oxygen atoms in total. The van der Waals surface area contributed by atoms with Crippen molar-refractivity contribution in [2.75, 3.05) is 6.61 Å². The lowest BCUT2D eigenvalue weighted by Crippen LogP contribution is -2.22. The number of pyridine rings is 1. The summed E-state index contributed by atoms with van der Waals surface area (Å²) in [6, 6.07) is 23.5. The summed E-state index contributed by atoms with van der Waals surface area (Å²) in [5.74, 6) is 1.43. The van der Waals surface area contributed by atoms with E-state index in [-0.39, 0.29) is 0 Å². The molecular weight excluding hydrogens is 466 g/mol. The first-order valence-corrected chi connectivity index (χ1v) is 15.7. The third-order valence-corrected chi connectivity index (χ3v) is 7.64. The highest BCUT2D eigenvalue weighted by Crippen LogP contribution is 2.36. The number of nitrogens with one attached hydrogen (secondary N) is 1. The van der Waals surface area contributed by atoms with Crippen LogP contribution in [0.5, 0.6) is 0 Å². The van der Waals surface area contributed by atoms with Crippen molar-refractivity contribution in [3.63, 3.8) is 0 Å². The molecule has 0 saturated heterocycles. The monoisotopic (exact) mass is 495 g/mol. The largest absolute Gasteiger partial charge is 0.361 e. The van der Waals surface area contributed by atoms with Gasteiger partial charge in [-0.3, -0.25) is 9.55 Å². The molecule has 5 aromatic rings. The molecule has 0 bridgehead atoms. The Morgan fingerprint density at radius 3 is 2.22 bits per heavy atom. The molecule has 9 heteroatoms. The lowest BCUT2D eigenvalue weighted by atomic mass is 10.0. The van der Waals surface area contributed by atoms with Crippen LogP contribution in [0.2, 0.25) is 25.7 Å². The van der Waals surface area contributed by atoms with Gasteiger partial charge in [-0.25, -0.2) is 4.98 Å². The van der Waals surface area contributed by atoms with E-state index < -0.39 is 8.07 Å². The molecule has 0 atom stereocenters. The topological polar surface area (TPSA) is 94.4 Å². The number of imidazole rings is 1. The van der Waals surface area contributed by atoms with E-state index >= 15 is 0 Å². The van der Waals surface area contributed by atoms with Crippen LogP contribution in [0.1, 0.15) is 0 Å². The molecule has 1 N–H and O–H groups in total. The number of ether oxygens (including phenoxy) is 1. The van der Waals surface area contributed by atoms with E-state index in [0.29, 0.717) is 12.6 Å². The Morgan fingerprint density at radius 2 is 1.56 bits per heavy atom. The van der Waals surface area contributed by atoms with Crippen LogP contribution in [-0.2, 0) is 11.5 Å². The summed E-state index contributed by atoms with van der Waals surface area (Å²) in [4.78, 5) is 9.36. The minimum absolute atomic E-state index is 0.411. The highest BCUT2D eigenvalue weighted by Gasteiger charge is 2.22. The molecule has 3 heterocycles. The minimum Gasteiger partial charge on any atom is -0.361 e. The van der Waals surface area contributed by atoms with Gasteiger partial charge in [-0.05, 0) is 23.4 Å². The smallest absolute Gasteiger partial charge is 0.204 e. The number of H-pyrrole nitrogens is 1. The maximum absolute atomic E-state index is 6.26. The Hall–Kier alpha value is -3.95. The molecule has 2 aromatic carbocycles. The van der Waals surface area contributed by atoms with E-state index in [1.165, 1.54) is 0 Å². The number of benzene rings is 2. The predicted octanol–water partition coefficient (Wildman–Crippen LogP) is 5.77. The second-order valence-electron chi connectivity index (χ2n) is 9.82. The number of nitrogens with zero attached hydrogens (tertiary/aromatic N) is 6. The molecule has 0 amide bonds. The second kappa shape index (κ2) is 10.3. The van der Waals surface area contributed by atoms with Crippen molar-refractivity contribution in [2.45, 2.75) is 32.4 Å². The number of aromatic amines is 1. The van der Waals surface area contributed by atoms with Gasteiger partial charge in [0.15, 0.2) is 0 Å². The molecule has 0 aliphatic rings. The van der Waals surface area contributed by atoms with Gasteiger partial charge in [0.1, 0.15) is 12.6 Å². The predicted molar refractivity (Wildman–Crippen MR) is 144 cm³/mol. The molecule has 0 aliphatic heterocycles. The molecule has 0 radical (unpaired) electrons. The van der Waals surface area contributed by atoms with E-state index in [0.717, 1.165) is 52.1 Å². The quantitative estimate of drug-likeness (QED) is 0.206. The number of aromatic nitrogens is 7. The zero-order valence-electron chi connectivity index (χ0n) is 20.7. The van der Waals surface area contributed by atoms with Crippen molar-refractivity contribution in [1.29, 1.82) is 0 Å². The number of hydrogen-bond donors (Lipinski definition) is 1. The fraction of sp³-hybridized carbons (Fsp3) is 0.222. The van der Waals surface area contributed by atoms with E-state index in [4.69, 9.17) is 9.72 Å². The van der Waals surface area contributed by atoms with Gasteiger partial charge in [-0.15, -0.1) is 10.2 Å². The van der Waals surface area contributed by atoms with Crippen LogP contribution >= 0.6 is 0 Å². The van der Waals surface area contributed by atoms with Crippen molar-refractivity contribution in [3.8, 4) is 45.3 Å². The molecule has 0 spiro atoms. The summed E-state index contributed by atoms with van der Waals surface area (Å²) < 4.78 is 8.44. The zero-order chi connectivity index (χ0) is 25.0. The van der Waals surface area contributed by atoms with E-state index in [2.05, 4.69) is 74.1 Å². The Balaban J connectivity index is 1.62. The third kappa shape index (κ3) is 5.32. The van der Waals surface area contributed by atoms with Crippen molar-refractivity contribution in [3.05, 3.63) is 79.1 Å². The van der Waals surface area contributed by atoms with Crippen molar-refractivity contribution in [2.24, 2.45) is 0 Å². The van der Waals surface area contributed by atoms with Gasteiger partial charge in [0.25, 0.3) is 0 Å². The van der Waals surface area contributed by atoms with Crippen LogP contribution in [0, 0.1) is 0 Å². The molecule has 182 valence electrons. The molecule has 3 aromatic heterocycles. The highest BCUT2D eigenvalue weighted by molar-refractivity contribution is 6.76. The summed E-state index contributed by atoms with van der Waals surface area (Å²) >= 11 is 0. The van der Waals surface area contributed by atoms with Gasteiger partial charge in [0.05, 0.1) is 11.4 Å². The number of hydrogen-bond acceptors (Lipinski definition) is 6. The Bertz CT molecular complexity index is 1390. The molecule has 5 rings (SSSR count). The van der Waals surface area contributed by atoms with E-state index in [1.54, 1.807) is 12.4 Å². The standard InChI is InChI=1S/C27H29N7OSi/c1-36(2,3)18-17-35-19-34-25(21-9-11-22(12-10-21)26-30-32-33-31-26)24(20-13-15-28-16-14-20)29-27(34)23-7-5-4-6-8-23/h4-16H,17-19H2,1-3H3,(H,30,31,32,33). The maximum atomic E-state index is 6.26. The molecule has 0 saturated carbocycles. The molecule has 36 heavy (non-hydrogen) atoms. The summed E-state index contributed by atoms with van der Waals surface area (Å²) in [6.07, 6.45) is 3.59. The van der Waals surface area contributed by atoms with Gasteiger partial charge in [0, 0.05) is 49.3 Å². The number of rotatable bonds is 9. The van der Waals surface area contributed by atoms with Gasteiger partial charge in [0.2, 0.25) is 5.82 Å². The van der Waals surface area contributed by atoms with E-state index in [9.17, 15) is 0 Å². The first-order chi connectivity index (χ1) is 17.5. The first-order valence-electron chi connectivity index (χ1n) is 12.0. The van der Waals surface area contributed by atoms with Gasteiger partial charge in [-0.1, -0.05) is 74.2 Å². The second-order valence-corrected chi connectivity index (χ2v) is 15.4. The van der Waals surface area contributed by atoms with Crippen LogP contribution in [-0.4, -0.2) is 49.8 Å². The minimum atomic E-state index is -1.21. The van der Waals surface area contributed by atoms with Crippen LogP contribution in [0.15, 0.2) is 79.1 Å². The van der Waals surface area contributed by atoms with Crippen LogP contribution in [0.3, 0.4) is 0 Å². The Labute approximate surface area is 211 Å². The molecular formula is C27H29N7OSi. The van der Waals surface area contributed by atoms with Crippen LogP contribution in [0.25, 0.3) is 45.3 Å². The summed E-state index contributed by atoms with van der Waals surface area (Å²) in [5, 5.41) is 14.4. The highest BCUT2D eigenvalue weighted by atomic mass is 28.3. The van der Waals surface area contributed by atoms with Gasteiger partial charge < -0.3 is 4.74 Å². The van der Waals surface area contributed by atoms with Crippen molar-refractivity contribution >= 4 is 8.07 Å². The maximum Gasteiger partial charge on any atom is 0.204 e. The lowest BCUT2D eigenvalue weighted by molar-refractivity contribution is 0.0893. The van der Waals surface area contributed by atoms with Gasteiger partial charge in [-0.2, -0.15) is 5.21 Å². The summed E-state index contributed by atoms with van der Waals surface area (Å²) in [5.41, 5.74) is 5.83. The zero-order valence-corrected chi connectivity index (χ0v) is 21.7. The first kappa shape index (κ1) is 23.8. The van der Waals surface area contributed by atoms with Crippen LogP contribution in [0.4, 0.5) is 0 Å². The molecule has 0 unspecified atom stereocenters. The van der Waals surface area contributed by atoms with Crippen LogP contribution < -0.4 is 0 Å². The van der Waals surface area contributed by atoms with Crippen molar-refractivity contribution < 1.29 is 4.74 Å².